The van der Waals surface area contributed by atoms with Crippen molar-refractivity contribution in [2.24, 2.45) is 0 Å². The molecule has 0 aromatic rings. The highest BCUT2D eigenvalue weighted by molar-refractivity contribution is 5.75. The predicted octanol–water partition coefficient (Wildman–Crippen LogP) is 0.489. The molecule has 0 heterocycles. The van der Waals surface area contributed by atoms with Gasteiger partial charge in [-0.2, -0.15) is 0 Å². The Hall–Kier alpha value is -1.30. The molecule has 0 rings (SSSR count). The Morgan fingerprint density at radius 2 is 1.88 bits per heavy atom. The molecule has 0 aliphatic heterocycles. The number of carbonyl (C=O) groups is 2. The van der Waals surface area contributed by atoms with Gasteiger partial charge >= 0.3 is 12.0 Å². The van der Waals surface area contributed by atoms with E-state index >= 15 is 0 Å². The lowest BCUT2D eigenvalue weighted by Gasteiger charge is -2.21. The number of likely N-dealkylation sites (N-methyl/N-ethyl adjacent to an activating group) is 1. The van der Waals surface area contributed by atoms with Gasteiger partial charge < -0.3 is 20.6 Å². The number of nitrogens with zero attached hydrogens (tertiary/aromatic N) is 1. The third kappa shape index (κ3) is 8.50. The number of carboxylic acids is 1. The minimum absolute atomic E-state index is 0.0701. The summed E-state index contributed by atoms with van der Waals surface area (Å²) < 4.78 is 0. The van der Waals surface area contributed by atoms with Crippen LogP contribution in [0.1, 0.15) is 27.2 Å². The van der Waals surface area contributed by atoms with Crippen molar-refractivity contribution in [2.75, 3.05) is 20.1 Å². The Balaban J connectivity index is 3.69. The maximum Gasteiger partial charge on any atom is 0.315 e. The van der Waals surface area contributed by atoms with Crippen LogP contribution in [0.5, 0.6) is 0 Å². The van der Waals surface area contributed by atoms with Crippen molar-refractivity contribution in [1.29, 1.82) is 0 Å². The SMILES string of the molecule is CC(CC(=O)O)NC(=O)NCCN(C)C(C)C. The van der Waals surface area contributed by atoms with Crippen LogP contribution in [0.4, 0.5) is 4.79 Å². The third-order valence-corrected chi connectivity index (χ3v) is 2.49. The topological polar surface area (TPSA) is 81.7 Å². The Bertz CT molecular complexity index is 256. The Morgan fingerprint density at radius 1 is 1.29 bits per heavy atom. The zero-order valence-electron chi connectivity index (χ0n) is 11.0. The molecule has 100 valence electrons. The monoisotopic (exact) mass is 245 g/mol. The second-order valence-corrected chi connectivity index (χ2v) is 4.47. The van der Waals surface area contributed by atoms with E-state index in [1.165, 1.54) is 0 Å². The lowest BCUT2D eigenvalue weighted by Crippen LogP contribution is -2.44. The van der Waals surface area contributed by atoms with Gasteiger partial charge in [-0.25, -0.2) is 4.79 Å². The lowest BCUT2D eigenvalue weighted by molar-refractivity contribution is -0.137. The molecule has 6 heteroatoms. The van der Waals surface area contributed by atoms with Crippen LogP contribution < -0.4 is 10.6 Å². The fourth-order valence-electron chi connectivity index (χ4n) is 1.19. The quantitative estimate of drug-likeness (QED) is 0.609. The van der Waals surface area contributed by atoms with Gasteiger partial charge in [0, 0.05) is 25.2 Å². The van der Waals surface area contributed by atoms with Crippen LogP contribution in [-0.4, -0.2) is 54.2 Å². The van der Waals surface area contributed by atoms with Crippen molar-refractivity contribution in [3.63, 3.8) is 0 Å². The normalized spacial score (nSPS) is 12.6. The van der Waals surface area contributed by atoms with Gasteiger partial charge in [0.25, 0.3) is 0 Å². The van der Waals surface area contributed by atoms with Crippen LogP contribution in [-0.2, 0) is 4.79 Å². The van der Waals surface area contributed by atoms with Crippen molar-refractivity contribution < 1.29 is 14.7 Å². The van der Waals surface area contributed by atoms with Gasteiger partial charge in [0.05, 0.1) is 6.42 Å². The summed E-state index contributed by atoms with van der Waals surface area (Å²) in [4.78, 5) is 23.9. The van der Waals surface area contributed by atoms with E-state index in [4.69, 9.17) is 5.11 Å². The first-order chi connectivity index (χ1) is 7.82. The zero-order chi connectivity index (χ0) is 13.4. The molecule has 17 heavy (non-hydrogen) atoms. The average Bonchev–Trinajstić information content (AvgIpc) is 2.15. The molecule has 6 nitrogen and oxygen atoms in total. The van der Waals surface area contributed by atoms with E-state index in [9.17, 15) is 9.59 Å². The summed E-state index contributed by atoms with van der Waals surface area (Å²) in [6.45, 7) is 7.12. The Kier molecular flexibility index (Phi) is 7.29. The average molecular weight is 245 g/mol. The van der Waals surface area contributed by atoms with E-state index in [1.54, 1.807) is 6.92 Å². The number of hydrogen-bond donors (Lipinski definition) is 3. The standard InChI is InChI=1S/C11H23N3O3/c1-8(2)14(4)6-5-12-11(17)13-9(3)7-10(15)16/h8-9H,5-7H2,1-4H3,(H,15,16)(H2,12,13,17). The summed E-state index contributed by atoms with van der Waals surface area (Å²) in [7, 11) is 1.98. The number of amides is 2. The summed E-state index contributed by atoms with van der Waals surface area (Å²) in [6, 6.07) is -0.253. The largest absolute Gasteiger partial charge is 0.481 e. The summed E-state index contributed by atoms with van der Waals surface area (Å²) >= 11 is 0. The van der Waals surface area contributed by atoms with E-state index in [2.05, 4.69) is 29.4 Å². The van der Waals surface area contributed by atoms with Crippen LogP contribution in [0.2, 0.25) is 0 Å². The second kappa shape index (κ2) is 7.89. The molecule has 0 spiro atoms. The van der Waals surface area contributed by atoms with Crippen LogP contribution in [0.15, 0.2) is 0 Å². The van der Waals surface area contributed by atoms with Crippen molar-refractivity contribution in [2.45, 2.75) is 39.3 Å². The zero-order valence-corrected chi connectivity index (χ0v) is 11.0. The molecule has 0 aromatic carbocycles. The van der Waals surface area contributed by atoms with Gasteiger partial charge in [-0.1, -0.05) is 0 Å². The molecule has 2 amide bonds. The van der Waals surface area contributed by atoms with Crippen molar-refractivity contribution in [1.82, 2.24) is 15.5 Å². The van der Waals surface area contributed by atoms with Crippen molar-refractivity contribution in [3.8, 4) is 0 Å². The number of rotatable bonds is 7. The highest BCUT2D eigenvalue weighted by atomic mass is 16.4. The highest BCUT2D eigenvalue weighted by Crippen LogP contribution is 1.91. The van der Waals surface area contributed by atoms with E-state index in [-0.39, 0.29) is 18.5 Å². The molecule has 0 aromatic heterocycles. The molecule has 0 aliphatic rings. The molecular formula is C11H23N3O3. The number of carboxylic acid groups (broad SMARTS) is 1. The molecule has 3 N–H and O–H groups in total. The number of nitrogens with one attached hydrogen (secondary N) is 2. The fraction of sp³-hybridized carbons (Fsp3) is 0.818. The maximum atomic E-state index is 11.4. The minimum Gasteiger partial charge on any atom is -0.481 e. The van der Waals surface area contributed by atoms with Crippen molar-refractivity contribution in [3.05, 3.63) is 0 Å². The van der Waals surface area contributed by atoms with Crippen LogP contribution in [0.3, 0.4) is 0 Å². The second-order valence-electron chi connectivity index (χ2n) is 4.47. The van der Waals surface area contributed by atoms with Gasteiger partial charge in [0.1, 0.15) is 0 Å². The summed E-state index contributed by atoms with van der Waals surface area (Å²) in [6.07, 6.45) is -0.0701. The maximum absolute atomic E-state index is 11.4. The summed E-state index contributed by atoms with van der Waals surface area (Å²) in [5.74, 6) is -0.919. The highest BCUT2D eigenvalue weighted by Gasteiger charge is 2.10. The van der Waals surface area contributed by atoms with E-state index in [0.717, 1.165) is 6.54 Å². The Morgan fingerprint density at radius 3 is 2.35 bits per heavy atom. The van der Waals surface area contributed by atoms with E-state index < -0.39 is 5.97 Å². The van der Waals surface area contributed by atoms with E-state index in [1.807, 2.05) is 7.05 Å². The lowest BCUT2D eigenvalue weighted by atomic mass is 10.2. The van der Waals surface area contributed by atoms with Gasteiger partial charge in [-0.3, -0.25) is 4.79 Å². The molecule has 0 radical (unpaired) electrons. The smallest absolute Gasteiger partial charge is 0.315 e. The Labute approximate surface area is 102 Å². The number of hydrogen-bond acceptors (Lipinski definition) is 3. The molecule has 0 saturated carbocycles. The number of urea groups is 1. The molecule has 0 bridgehead atoms. The molecular weight excluding hydrogens is 222 g/mol. The first-order valence-corrected chi connectivity index (χ1v) is 5.79. The number of carbonyl (C=O) groups excluding carboxylic acids is 1. The van der Waals surface area contributed by atoms with Gasteiger partial charge in [-0.15, -0.1) is 0 Å². The molecule has 0 fully saturated rings. The summed E-state index contributed by atoms with van der Waals surface area (Å²) in [5.41, 5.74) is 0. The van der Waals surface area contributed by atoms with Gasteiger partial charge in [0.2, 0.25) is 0 Å². The van der Waals surface area contributed by atoms with Crippen LogP contribution in [0.25, 0.3) is 0 Å². The van der Waals surface area contributed by atoms with Crippen LogP contribution in [0, 0.1) is 0 Å². The number of aliphatic carboxylic acids is 1. The first-order valence-electron chi connectivity index (χ1n) is 5.79. The predicted molar refractivity (Wildman–Crippen MR) is 66.0 cm³/mol. The van der Waals surface area contributed by atoms with E-state index in [0.29, 0.717) is 12.6 Å². The molecule has 0 aliphatic carbocycles. The first kappa shape index (κ1) is 15.7. The molecule has 0 saturated heterocycles. The molecule has 1 unspecified atom stereocenters. The van der Waals surface area contributed by atoms with Crippen molar-refractivity contribution >= 4 is 12.0 Å². The molecule has 1 atom stereocenters. The van der Waals surface area contributed by atoms with Gasteiger partial charge in [-0.05, 0) is 27.8 Å². The van der Waals surface area contributed by atoms with Crippen LogP contribution >= 0.6 is 0 Å². The fourth-order valence-corrected chi connectivity index (χ4v) is 1.19. The summed E-state index contributed by atoms with van der Waals surface area (Å²) in [5, 5.41) is 13.8. The van der Waals surface area contributed by atoms with Gasteiger partial charge in [0.15, 0.2) is 0 Å². The minimum atomic E-state index is -0.919. The third-order valence-electron chi connectivity index (χ3n) is 2.49.